The van der Waals surface area contributed by atoms with E-state index in [2.05, 4.69) is 130 Å². The fourth-order valence-electron chi connectivity index (χ4n) is 5.17. The summed E-state index contributed by atoms with van der Waals surface area (Å²) in [5.41, 5.74) is 5.17. The minimum Gasteiger partial charge on any atom is -0.205 e. The molecule has 0 aliphatic heterocycles. The second-order valence-corrected chi connectivity index (χ2v) is 11.1. The Hall–Kier alpha value is -3.40. The van der Waals surface area contributed by atoms with E-state index >= 15 is 0 Å². The van der Waals surface area contributed by atoms with Crippen molar-refractivity contribution < 1.29 is 18.3 Å². The van der Waals surface area contributed by atoms with Gasteiger partial charge in [-0.05, 0) is 35.1 Å². The van der Waals surface area contributed by atoms with Crippen LogP contribution in [0.4, 0.5) is 0 Å². The predicted molar refractivity (Wildman–Crippen MR) is 162 cm³/mol. The van der Waals surface area contributed by atoms with Gasteiger partial charge in [0.1, 0.15) is 26.2 Å². The molecule has 0 atom stereocenters. The molecule has 4 nitrogen and oxygen atoms in total. The van der Waals surface area contributed by atoms with Gasteiger partial charge >= 0.3 is 0 Å². The summed E-state index contributed by atoms with van der Waals surface area (Å²) in [6.07, 6.45) is 30.5. The second kappa shape index (κ2) is 16.6. The highest BCUT2D eigenvalue weighted by molar-refractivity contribution is 5.61. The van der Waals surface area contributed by atoms with Crippen molar-refractivity contribution in [2.45, 2.75) is 104 Å². The van der Waals surface area contributed by atoms with Crippen LogP contribution < -0.4 is 18.3 Å². The summed E-state index contributed by atoms with van der Waals surface area (Å²) in [6.45, 7) is 8.90. The first kappa shape index (κ1) is 29.6. The fraction of sp³-hybridized carbons (Fsp3) is 0.444. The normalized spacial score (nSPS) is 11.2. The standard InChI is InChI=1S/C36H50N4/c1-3-5-21-37-25-13-33(14-26-37)35-17-29-39(30-18-35)23-11-9-7-8-10-12-24-40-31-19-36(20-32-40)34-15-27-38(28-16-34)22-6-4-2/h13-20,25-32H,3-12,21-24H2,1-2H3/q+4. The largest absolute Gasteiger partial charge is 0.205 e. The van der Waals surface area contributed by atoms with Crippen LogP contribution in [0.15, 0.2) is 98.1 Å². The summed E-state index contributed by atoms with van der Waals surface area (Å²) in [5.74, 6) is 0. The van der Waals surface area contributed by atoms with E-state index in [1.807, 2.05) is 0 Å². The van der Waals surface area contributed by atoms with Gasteiger partial charge in [-0.15, -0.1) is 0 Å². The number of aryl methyl sites for hydroxylation is 4. The highest BCUT2D eigenvalue weighted by Gasteiger charge is 2.07. The minimum atomic E-state index is 1.10. The zero-order chi connectivity index (χ0) is 27.8. The Labute approximate surface area is 242 Å². The van der Waals surface area contributed by atoms with E-state index in [0.29, 0.717) is 0 Å². The molecule has 0 amide bonds. The number of hydrogen-bond donors (Lipinski definition) is 0. The Morgan fingerprint density at radius 3 is 0.800 bits per heavy atom. The van der Waals surface area contributed by atoms with Gasteiger partial charge in [-0.1, -0.05) is 39.5 Å². The van der Waals surface area contributed by atoms with Crippen molar-refractivity contribution in [1.29, 1.82) is 0 Å². The molecule has 0 aliphatic carbocycles. The van der Waals surface area contributed by atoms with E-state index in [1.54, 1.807) is 0 Å². The lowest BCUT2D eigenvalue weighted by molar-refractivity contribution is -0.697. The van der Waals surface area contributed by atoms with Crippen LogP contribution in [-0.4, -0.2) is 0 Å². The van der Waals surface area contributed by atoms with Crippen LogP contribution in [0.3, 0.4) is 0 Å². The number of nitrogens with zero attached hydrogens (tertiary/aromatic N) is 4. The Balaban J connectivity index is 1.07. The van der Waals surface area contributed by atoms with Gasteiger partial charge in [0.05, 0.1) is 0 Å². The van der Waals surface area contributed by atoms with Crippen molar-refractivity contribution in [3.63, 3.8) is 0 Å². The van der Waals surface area contributed by atoms with Gasteiger partial charge in [0.25, 0.3) is 0 Å². The number of aromatic nitrogens is 4. The number of pyridine rings is 4. The molecule has 0 aromatic carbocycles. The van der Waals surface area contributed by atoms with Gasteiger partial charge in [-0.25, -0.2) is 18.3 Å². The van der Waals surface area contributed by atoms with Gasteiger partial charge in [0, 0.05) is 74.2 Å². The summed E-state index contributed by atoms with van der Waals surface area (Å²) in [6, 6.07) is 17.9. The Kier molecular flexibility index (Phi) is 12.3. The third kappa shape index (κ3) is 9.66. The highest BCUT2D eigenvalue weighted by atomic mass is 14.9. The molecule has 4 aromatic rings. The van der Waals surface area contributed by atoms with E-state index in [9.17, 15) is 0 Å². The molecule has 0 unspecified atom stereocenters. The van der Waals surface area contributed by atoms with Crippen LogP contribution in [0, 0.1) is 0 Å². The molecular weight excluding hydrogens is 488 g/mol. The Morgan fingerprint density at radius 1 is 0.325 bits per heavy atom. The Morgan fingerprint density at radius 2 is 0.550 bits per heavy atom. The number of hydrogen-bond acceptors (Lipinski definition) is 0. The zero-order valence-corrected chi connectivity index (χ0v) is 24.9. The SMILES string of the molecule is CCCC[n+]1ccc(-c2cc[n+](CCCCCCCC[n+]3ccc(-c4cc[n+](CCCC)cc4)cc3)cc2)cc1. The van der Waals surface area contributed by atoms with Crippen LogP contribution in [0.5, 0.6) is 0 Å². The van der Waals surface area contributed by atoms with Crippen LogP contribution in [0.1, 0.15) is 78.1 Å². The topological polar surface area (TPSA) is 15.5 Å². The van der Waals surface area contributed by atoms with Crippen LogP contribution in [-0.2, 0) is 26.2 Å². The molecule has 4 aromatic heterocycles. The molecule has 0 radical (unpaired) electrons. The molecule has 0 saturated carbocycles. The van der Waals surface area contributed by atoms with Crippen molar-refractivity contribution in [2.24, 2.45) is 0 Å². The molecule has 0 saturated heterocycles. The molecule has 0 fully saturated rings. The molecule has 4 heterocycles. The lowest BCUT2D eigenvalue weighted by Crippen LogP contribution is -2.33. The second-order valence-electron chi connectivity index (χ2n) is 11.1. The first-order valence-corrected chi connectivity index (χ1v) is 15.7. The van der Waals surface area contributed by atoms with Gasteiger partial charge in [0.15, 0.2) is 49.6 Å². The third-order valence-corrected chi connectivity index (χ3v) is 7.85. The highest BCUT2D eigenvalue weighted by Crippen LogP contribution is 2.17. The molecule has 0 N–H and O–H groups in total. The van der Waals surface area contributed by atoms with Gasteiger partial charge in [0.2, 0.25) is 0 Å². The third-order valence-electron chi connectivity index (χ3n) is 7.85. The van der Waals surface area contributed by atoms with Crippen molar-refractivity contribution in [2.75, 3.05) is 0 Å². The smallest absolute Gasteiger partial charge is 0.169 e. The lowest BCUT2D eigenvalue weighted by atomic mass is 10.1. The first-order valence-electron chi connectivity index (χ1n) is 15.7. The van der Waals surface area contributed by atoms with E-state index < -0.39 is 0 Å². The van der Waals surface area contributed by atoms with E-state index in [4.69, 9.17) is 0 Å². The lowest BCUT2D eigenvalue weighted by Gasteiger charge is -2.03. The molecular formula is C36H50N4+4. The number of rotatable bonds is 17. The molecule has 0 spiro atoms. The van der Waals surface area contributed by atoms with E-state index in [-0.39, 0.29) is 0 Å². The van der Waals surface area contributed by atoms with Crippen LogP contribution in [0.25, 0.3) is 22.3 Å². The van der Waals surface area contributed by atoms with Gasteiger partial charge in [-0.2, -0.15) is 0 Å². The maximum atomic E-state index is 2.33. The summed E-state index contributed by atoms with van der Waals surface area (Å²) < 4.78 is 9.21. The van der Waals surface area contributed by atoms with E-state index in [1.165, 1.54) is 86.5 Å². The molecule has 0 aliphatic rings. The van der Waals surface area contributed by atoms with Crippen molar-refractivity contribution in [1.82, 2.24) is 0 Å². The van der Waals surface area contributed by atoms with Crippen molar-refractivity contribution in [3.05, 3.63) is 98.1 Å². The Bertz CT molecular complexity index is 1130. The van der Waals surface area contributed by atoms with Gasteiger partial charge in [-0.3, -0.25) is 0 Å². The summed E-state index contributed by atoms with van der Waals surface area (Å²) in [7, 11) is 0. The molecule has 0 bridgehead atoms. The van der Waals surface area contributed by atoms with Crippen molar-refractivity contribution >= 4 is 0 Å². The molecule has 4 rings (SSSR count). The average molecular weight is 539 g/mol. The monoisotopic (exact) mass is 538 g/mol. The minimum absolute atomic E-state index is 1.10. The van der Waals surface area contributed by atoms with Gasteiger partial charge < -0.3 is 0 Å². The van der Waals surface area contributed by atoms with E-state index in [0.717, 1.165) is 26.2 Å². The van der Waals surface area contributed by atoms with Crippen molar-refractivity contribution in [3.8, 4) is 22.3 Å². The molecule has 210 valence electrons. The first-order chi connectivity index (χ1) is 19.7. The van der Waals surface area contributed by atoms with Crippen LogP contribution >= 0.6 is 0 Å². The molecule has 40 heavy (non-hydrogen) atoms. The fourth-order valence-corrected chi connectivity index (χ4v) is 5.17. The molecule has 4 heteroatoms. The quantitative estimate of drug-likeness (QED) is 0.104. The zero-order valence-electron chi connectivity index (χ0n) is 24.9. The number of unbranched alkanes of at least 4 members (excludes halogenated alkanes) is 7. The maximum Gasteiger partial charge on any atom is 0.169 e. The summed E-state index contributed by atoms with van der Waals surface area (Å²) in [5, 5.41) is 0. The summed E-state index contributed by atoms with van der Waals surface area (Å²) in [4.78, 5) is 0. The predicted octanol–water partition coefficient (Wildman–Crippen LogP) is 6.81. The maximum absolute atomic E-state index is 2.33. The van der Waals surface area contributed by atoms with Crippen LogP contribution in [0.2, 0.25) is 0 Å². The summed E-state index contributed by atoms with van der Waals surface area (Å²) >= 11 is 0. The average Bonchev–Trinajstić information content (AvgIpc) is 3.01.